The van der Waals surface area contributed by atoms with Crippen molar-refractivity contribution < 1.29 is 27.3 Å². The van der Waals surface area contributed by atoms with Crippen LogP contribution in [-0.2, 0) is 25.6 Å². The number of halogens is 1. The Labute approximate surface area is 180 Å². The van der Waals surface area contributed by atoms with E-state index in [0.29, 0.717) is 11.5 Å². The Morgan fingerprint density at radius 2 is 1.66 bits per heavy atom. The van der Waals surface area contributed by atoms with E-state index in [0.717, 1.165) is 8.78 Å². The Kier molecular flexibility index (Phi) is 6.19. The molecule has 0 bridgehead atoms. The molecule has 1 aliphatic heterocycles. The van der Waals surface area contributed by atoms with Gasteiger partial charge in [0.05, 0.1) is 9.64 Å². The molecule has 1 heterocycles. The summed E-state index contributed by atoms with van der Waals surface area (Å²) < 4.78 is 44.9. The molecule has 10 heteroatoms. The van der Waals surface area contributed by atoms with Crippen LogP contribution in [-0.4, -0.2) is 51.1 Å². The van der Waals surface area contributed by atoms with Gasteiger partial charge in [0.25, 0.3) is 0 Å². The van der Waals surface area contributed by atoms with Crippen LogP contribution in [0.4, 0.5) is 0 Å². The minimum Gasteiger partial charge on any atom is -0.480 e. The highest BCUT2D eigenvalue weighted by Crippen LogP contribution is 2.33. The molecule has 0 amide bonds. The second-order valence-electron chi connectivity index (χ2n) is 7.04. The van der Waals surface area contributed by atoms with Gasteiger partial charge < -0.3 is 9.84 Å². The number of rotatable bonds is 5. The Bertz CT molecular complexity index is 1040. The summed E-state index contributed by atoms with van der Waals surface area (Å²) in [7, 11) is -5.54. The standard InChI is InChI=1S/C19H20BrNO6S2/c1-19(2)17(18(22)23)21(11-12-28(19)24)29(25,26)16-9-7-15(8-10-16)27-14-5-3-13(20)4-6-14/h3-10,17H,11-12H2,1-2H3,(H,22,23)/t17-,28+/m0/s1. The van der Waals surface area contributed by atoms with Gasteiger partial charge in [0.1, 0.15) is 17.5 Å². The zero-order chi connectivity index (χ0) is 21.4. The van der Waals surface area contributed by atoms with Gasteiger partial charge in [0, 0.05) is 27.6 Å². The molecule has 156 valence electrons. The van der Waals surface area contributed by atoms with Gasteiger partial charge in [-0.3, -0.25) is 9.00 Å². The van der Waals surface area contributed by atoms with E-state index in [-0.39, 0.29) is 17.2 Å². The molecule has 2 aromatic rings. The van der Waals surface area contributed by atoms with Crippen molar-refractivity contribution in [1.82, 2.24) is 4.31 Å². The molecular weight excluding hydrogens is 482 g/mol. The molecule has 1 N–H and O–H groups in total. The highest BCUT2D eigenvalue weighted by atomic mass is 79.9. The minimum absolute atomic E-state index is 0.0459. The van der Waals surface area contributed by atoms with Crippen molar-refractivity contribution in [2.45, 2.75) is 29.5 Å². The number of benzene rings is 2. The summed E-state index contributed by atoms with van der Waals surface area (Å²) in [6.45, 7) is 2.91. The monoisotopic (exact) mass is 501 g/mol. The number of hydrogen-bond acceptors (Lipinski definition) is 5. The first-order valence-electron chi connectivity index (χ1n) is 8.70. The molecule has 0 aromatic heterocycles. The average Bonchev–Trinajstić information content (AvgIpc) is 2.65. The van der Waals surface area contributed by atoms with Crippen molar-refractivity contribution in [1.29, 1.82) is 0 Å². The van der Waals surface area contributed by atoms with E-state index in [4.69, 9.17) is 4.74 Å². The molecule has 0 saturated carbocycles. The topological polar surface area (TPSA) is 101 Å². The molecule has 0 aliphatic carbocycles. The van der Waals surface area contributed by atoms with E-state index in [1.54, 1.807) is 12.1 Å². The number of ether oxygens (including phenoxy) is 1. The number of carbonyl (C=O) groups is 1. The summed E-state index contributed by atoms with van der Waals surface area (Å²) in [5.41, 5.74) is 0. The van der Waals surface area contributed by atoms with Gasteiger partial charge in [-0.15, -0.1) is 0 Å². The van der Waals surface area contributed by atoms with Crippen molar-refractivity contribution in [2.24, 2.45) is 0 Å². The lowest BCUT2D eigenvalue weighted by Gasteiger charge is -2.42. The quantitative estimate of drug-likeness (QED) is 0.674. The lowest BCUT2D eigenvalue weighted by Crippen LogP contribution is -2.62. The summed E-state index contributed by atoms with van der Waals surface area (Å²) >= 11 is 3.34. The molecule has 0 spiro atoms. The highest BCUT2D eigenvalue weighted by Gasteiger charge is 2.51. The molecule has 3 rings (SSSR count). The lowest BCUT2D eigenvalue weighted by molar-refractivity contribution is -0.142. The fraction of sp³-hybridized carbons (Fsp3) is 0.316. The molecule has 1 saturated heterocycles. The zero-order valence-electron chi connectivity index (χ0n) is 15.7. The molecule has 7 nitrogen and oxygen atoms in total. The Balaban J connectivity index is 1.87. The van der Waals surface area contributed by atoms with Gasteiger partial charge in [0.2, 0.25) is 10.0 Å². The first-order chi connectivity index (χ1) is 13.5. The molecule has 0 unspecified atom stereocenters. The van der Waals surface area contributed by atoms with Crippen LogP contribution in [0.1, 0.15) is 13.8 Å². The maximum absolute atomic E-state index is 13.1. The maximum Gasteiger partial charge on any atom is 0.323 e. The van der Waals surface area contributed by atoms with Crippen LogP contribution in [0.5, 0.6) is 11.5 Å². The van der Waals surface area contributed by atoms with Gasteiger partial charge >= 0.3 is 5.97 Å². The molecule has 1 fully saturated rings. The summed E-state index contributed by atoms with van der Waals surface area (Å²) in [6.07, 6.45) is 0. The molecule has 29 heavy (non-hydrogen) atoms. The minimum atomic E-state index is -4.09. The van der Waals surface area contributed by atoms with Crippen LogP contribution in [0.25, 0.3) is 0 Å². The van der Waals surface area contributed by atoms with Crippen molar-refractivity contribution >= 4 is 42.7 Å². The lowest BCUT2D eigenvalue weighted by atomic mass is 10.0. The smallest absolute Gasteiger partial charge is 0.323 e. The molecular formula is C19H20BrNO6S2. The van der Waals surface area contributed by atoms with E-state index in [1.807, 2.05) is 12.1 Å². The number of nitrogens with zero attached hydrogens (tertiary/aromatic N) is 1. The predicted molar refractivity (Wildman–Crippen MR) is 113 cm³/mol. The van der Waals surface area contributed by atoms with Crippen molar-refractivity contribution in [3.8, 4) is 11.5 Å². The number of carboxylic acids is 1. The van der Waals surface area contributed by atoms with Gasteiger partial charge in [-0.2, -0.15) is 4.31 Å². The number of hydrogen-bond donors (Lipinski definition) is 1. The van der Waals surface area contributed by atoms with Crippen molar-refractivity contribution in [3.63, 3.8) is 0 Å². The van der Waals surface area contributed by atoms with Gasteiger partial charge in [-0.05, 0) is 62.4 Å². The second-order valence-corrected chi connectivity index (χ2v) is 12.0. The first kappa shape index (κ1) is 21.9. The normalized spacial score (nSPS) is 22.2. The van der Waals surface area contributed by atoms with Crippen LogP contribution < -0.4 is 4.74 Å². The SMILES string of the molecule is CC1(C)[C@H](C(=O)O)N(S(=O)(=O)c2ccc(Oc3ccc(Br)cc3)cc2)CC[S@]1=O. The van der Waals surface area contributed by atoms with E-state index >= 15 is 0 Å². The fourth-order valence-electron chi connectivity index (χ4n) is 3.17. The van der Waals surface area contributed by atoms with Crippen LogP contribution in [0.2, 0.25) is 0 Å². The van der Waals surface area contributed by atoms with E-state index in [2.05, 4.69) is 15.9 Å². The van der Waals surface area contributed by atoms with Gasteiger partial charge in [-0.1, -0.05) is 15.9 Å². The summed E-state index contributed by atoms with van der Waals surface area (Å²) in [5.74, 6) is -0.196. The summed E-state index contributed by atoms with van der Waals surface area (Å²) in [4.78, 5) is 11.8. The largest absolute Gasteiger partial charge is 0.480 e. The van der Waals surface area contributed by atoms with Crippen molar-refractivity contribution in [3.05, 3.63) is 53.0 Å². The van der Waals surface area contributed by atoms with E-state index in [1.165, 1.54) is 38.1 Å². The predicted octanol–water partition coefficient (Wildman–Crippen LogP) is 3.23. The molecule has 0 radical (unpaired) electrons. The third-order valence-electron chi connectivity index (χ3n) is 4.74. The third kappa shape index (κ3) is 4.40. The van der Waals surface area contributed by atoms with E-state index in [9.17, 15) is 22.5 Å². The van der Waals surface area contributed by atoms with Gasteiger partial charge in [-0.25, -0.2) is 8.42 Å². The average molecular weight is 502 g/mol. The first-order valence-corrected chi connectivity index (χ1v) is 12.3. The number of sulfonamides is 1. The second kappa shape index (κ2) is 8.17. The number of carboxylic acid groups (broad SMARTS) is 1. The zero-order valence-corrected chi connectivity index (χ0v) is 19.0. The summed E-state index contributed by atoms with van der Waals surface area (Å²) in [5, 5.41) is 9.64. The maximum atomic E-state index is 13.1. The Morgan fingerprint density at radius 3 is 2.17 bits per heavy atom. The molecule has 1 aliphatic rings. The highest BCUT2D eigenvalue weighted by molar-refractivity contribution is 9.10. The molecule has 2 atom stereocenters. The van der Waals surface area contributed by atoms with Gasteiger partial charge in [0.15, 0.2) is 0 Å². The van der Waals surface area contributed by atoms with Crippen LogP contribution in [0.3, 0.4) is 0 Å². The number of aliphatic carboxylic acids is 1. The fourth-order valence-corrected chi connectivity index (χ4v) is 6.70. The Morgan fingerprint density at radius 1 is 1.14 bits per heavy atom. The van der Waals surface area contributed by atoms with Crippen LogP contribution in [0, 0.1) is 0 Å². The van der Waals surface area contributed by atoms with Crippen LogP contribution >= 0.6 is 15.9 Å². The summed E-state index contributed by atoms with van der Waals surface area (Å²) in [6, 6.07) is 11.5. The molecule has 2 aromatic carbocycles. The van der Waals surface area contributed by atoms with Crippen LogP contribution in [0.15, 0.2) is 57.9 Å². The third-order valence-corrected chi connectivity index (χ3v) is 9.10. The van der Waals surface area contributed by atoms with Crippen molar-refractivity contribution in [2.75, 3.05) is 12.3 Å². The van der Waals surface area contributed by atoms with E-state index < -0.39 is 37.6 Å². The Hall–Kier alpha value is -1.75.